The van der Waals surface area contributed by atoms with E-state index in [1.165, 1.54) is 5.56 Å². The maximum absolute atomic E-state index is 12.3. The van der Waals surface area contributed by atoms with Crippen molar-refractivity contribution in [2.75, 3.05) is 13.1 Å². The molecule has 4 rings (SSSR count). The van der Waals surface area contributed by atoms with Gasteiger partial charge in [0.1, 0.15) is 12.4 Å². The molecule has 164 valence electrons. The number of benzene rings is 3. The summed E-state index contributed by atoms with van der Waals surface area (Å²) in [4.78, 5) is 14.8. The van der Waals surface area contributed by atoms with Crippen LogP contribution < -0.4 is 10.1 Å². The third kappa shape index (κ3) is 6.82. The molecule has 0 unspecified atom stereocenters. The number of ether oxygens (including phenoxy) is 1. The van der Waals surface area contributed by atoms with Gasteiger partial charge in [-0.15, -0.1) is 0 Å². The molecule has 1 aliphatic rings. The molecule has 0 atom stereocenters. The first-order valence-electron chi connectivity index (χ1n) is 11.3. The van der Waals surface area contributed by atoms with Crippen molar-refractivity contribution < 1.29 is 9.53 Å². The Morgan fingerprint density at radius 2 is 1.50 bits per heavy atom. The summed E-state index contributed by atoms with van der Waals surface area (Å²) >= 11 is 0. The molecule has 1 aliphatic heterocycles. The summed E-state index contributed by atoms with van der Waals surface area (Å²) in [5.74, 6) is 0.786. The number of hydrogen-bond donors (Lipinski definition) is 1. The maximum atomic E-state index is 12.3. The van der Waals surface area contributed by atoms with E-state index >= 15 is 0 Å². The third-order valence-corrected chi connectivity index (χ3v) is 5.74. The zero-order valence-electron chi connectivity index (χ0n) is 18.3. The molecule has 3 aromatic rings. The minimum Gasteiger partial charge on any atom is -0.489 e. The van der Waals surface area contributed by atoms with Gasteiger partial charge in [-0.3, -0.25) is 9.69 Å². The van der Waals surface area contributed by atoms with Gasteiger partial charge in [0, 0.05) is 31.8 Å². The van der Waals surface area contributed by atoms with Gasteiger partial charge in [-0.25, -0.2) is 0 Å². The Kier molecular flexibility index (Phi) is 7.72. The second kappa shape index (κ2) is 11.3. The number of nitrogens with one attached hydrogen (secondary N) is 1. The average Bonchev–Trinajstić information content (AvgIpc) is 2.85. The van der Waals surface area contributed by atoms with E-state index in [-0.39, 0.29) is 11.9 Å². The molecule has 1 heterocycles. The van der Waals surface area contributed by atoms with Crippen LogP contribution in [0.1, 0.15) is 29.5 Å². The Bertz CT molecular complexity index is 993. The topological polar surface area (TPSA) is 41.6 Å². The van der Waals surface area contributed by atoms with E-state index in [1.54, 1.807) is 6.08 Å². The smallest absolute Gasteiger partial charge is 0.244 e. The van der Waals surface area contributed by atoms with Crippen LogP contribution in [0.25, 0.3) is 6.08 Å². The van der Waals surface area contributed by atoms with Gasteiger partial charge in [0.25, 0.3) is 0 Å². The first kappa shape index (κ1) is 21.8. The summed E-state index contributed by atoms with van der Waals surface area (Å²) in [6.07, 6.45) is 5.44. The van der Waals surface area contributed by atoms with E-state index in [1.807, 2.05) is 66.7 Å². The van der Waals surface area contributed by atoms with Gasteiger partial charge < -0.3 is 10.1 Å². The molecule has 0 aromatic heterocycles. The molecule has 4 nitrogen and oxygen atoms in total. The Labute approximate surface area is 190 Å². The van der Waals surface area contributed by atoms with Gasteiger partial charge in [-0.1, -0.05) is 72.8 Å². The van der Waals surface area contributed by atoms with Crippen molar-refractivity contribution in [3.05, 3.63) is 108 Å². The summed E-state index contributed by atoms with van der Waals surface area (Å²) in [6, 6.07) is 28.7. The highest BCUT2D eigenvalue weighted by Crippen LogP contribution is 2.16. The predicted octanol–water partition coefficient (Wildman–Crippen LogP) is 5.06. The number of nitrogens with zero attached hydrogens (tertiary/aromatic N) is 1. The highest BCUT2D eigenvalue weighted by atomic mass is 16.5. The van der Waals surface area contributed by atoms with Crippen LogP contribution in [-0.4, -0.2) is 29.9 Å². The van der Waals surface area contributed by atoms with Gasteiger partial charge in [0.2, 0.25) is 5.91 Å². The molecule has 0 spiro atoms. The van der Waals surface area contributed by atoms with Crippen molar-refractivity contribution in [2.24, 2.45) is 0 Å². The van der Waals surface area contributed by atoms with Crippen molar-refractivity contribution in [1.29, 1.82) is 0 Å². The van der Waals surface area contributed by atoms with Crippen molar-refractivity contribution in [1.82, 2.24) is 10.2 Å². The molecule has 3 aromatic carbocycles. The molecule has 0 saturated carbocycles. The number of likely N-dealkylation sites (tertiary alicyclic amines) is 1. The minimum atomic E-state index is -0.0316. The maximum Gasteiger partial charge on any atom is 0.244 e. The fourth-order valence-electron chi connectivity index (χ4n) is 3.91. The van der Waals surface area contributed by atoms with Crippen LogP contribution in [0.5, 0.6) is 5.75 Å². The Morgan fingerprint density at radius 1 is 0.875 bits per heavy atom. The van der Waals surface area contributed by atoms with E-state index < -0.39 is 0 Å². The summed E-state index contributed by atoms with van der Waals surface area (Å²) < 4.78 is 5.81. The van der Waals surface area contributed by atoms with Crippen LogP contribution in [0, 0.1) is 0 Å². The van der Waals surface area contributed by atoms with Gasteiger partial charge in [0.05, 0.1) is 0 Å². The lowest BCUT2D eigenvalue weighted by molar-refractivity contribution is -0.117. The first-order chi connectivity index (χ1) is 15.7. The molecule has 1 N–H and O–H groups in total. The van der Waals surface area contributed by atoms with Gasteiger partial charge in [0.15, 0.2) is 0 Å². The fraction of sp³-hybridized carbons (Fsp3) is 0.250. The highest BCUT2D eigenvalue weighted by Gasteiger charge is 2.19. The molecule has 1 fully saturated rings. The van der Waals surface area contributed by atoms with Crippen LogP contribution in [0.15, 0.2) is 91.0 Å². The van der Waals surface area contributed by atoms with Crippen molar-refractivity contribution in [2.45, 2.75) is 32.0 Å². The summed E-state index contributed by atoms with van der Waals surface area (Å²) in [6.45, 7) is 3.54. The van der Waals surface area contributed by atoms with E-state index in [4.69, 9.17) is 4.74 Å². The zero-order chi connectivity index (χ0) is 22.0. The molecular formula is C28H30N2O2. The molecular weight excluding hydrogens is 396 g/mol. The lowest BCUT2D eigenvalue weighted by atomic mass is 10.0. The lowest BCUT2D eigenvalue weighted by Crippen LogP contribution is -2.43. The number of carbonyl (C=O) groups excluding carboxylic acids is 1. The fourth-order valence-corrected chi connectivity index (χ4v) is 3.91. The number of carbonyl (C=O) groups is 1. The van der Waals surface area contributed by atoms with E-state index in [0.717, 1.165) is 49.4 Å². The second-order valence-corrected chi connectivity index (χ2v) is 8.22. The third-order valence-electron chi connectivity index (χ3n) is 5.74. The average molecular weight is 427 g/mol. The molecule has 0 aliphatic carbocycles. The quantitative estimate of drug-likeness (QED) is 0.512. The summed E-state index contributed by atoms with van der Waals surface area (Å²) in [5.41, 5.74) is 3.46. The first-order valence-corrected chi connectivity index (χ1v) is 11.3. The Morgan fingerprint density at radius 3 is 2.16 bits per heavy atom. The molecule has 4 heteroatoms. The SMILES string of the molecule is O=C(/C=C/c1ccc(OCc2ccccc2)cc1)NC1CCN(Cc2ccccc2)CC1. The number of amides is 1. The van der Waals surface area contributed by atoms with Crippen LogP contribution >= 0.6 is 0 Å². The van der Waals surface area contributed by atoms with Crippen LogP contribution in [0.3, 0.4) is 0 Å². The highest BCUT2D eigenvalue weighted by molar-refractivity contribution is 5.91. The summed E-state index contributed by atoms with van der Waals surface area (Å²) in [5, 5.41) is 3.15. The van der Waals surface area contributed by atoms with E-state index in [9.17, 15) is 4.79 Å². The number of piperidine rings is 1. The minimum absolute atomic E-state index is 0.0316. The van der Waals surface area contributed by atoms with Crippen molar-refractivity contribution in [3.8, 4) is 5.75 Å². The lowest BCUT2D eigenvalue weighted by Gasteiger charge is -2.32. The van der Waals surface area contributed by atoms with Gasteiger partial charge in [-0.05, 0) is 47.7 Å². The molecule has 32 heavy (non-hydrogen) atoms. The van der Waals surface area contributed by atoms with E-state index in [2.05, 4.69) is 34.5 Å². The van der Waals surface area contributed by atoms with Gasteiger partial charge >= 0.3 is 0 Å². The molecule has 0 bridgehead atoms. The second-order valence-electron chi connectivity index (χ2n) is 8.22. The molecule has 1 amide bonds. The molecule has 0 radical (unpaired) electrons. The van der Waals surface area contributed by atoms with Gasteiger partial charge in [-0.2, -0.15) is 0 Å². The van der Waals surface area contributed by atoms with Crippen LogP contribution in [0.4, 0.5) is 0 Å². The standard InChI is InChI=1S/C28H30N2O2/c31-28(29-26-17-19-30(20-18-26)21-24-7-3-1-4-8-24)16-13-23-11-14-27(15-12-23)32-22-25-9-5-2-6-10-25/h1-16,26H,17-22H2,(H,29,31)/b16-13+. The summed E-state index contributed by atoms with van der Waals surface area (Å²) in [7, 11) is 0. The van der Waals surface area contributed by atoms with Crippen molar-refractivity contribution in [3.63, 3.8) is 0 Å². The van der Waals surface area contributed by atoms with Crippen LogP contribution in [0.2, 0.25) is 0 Å². The largest absolute Gasteiger partial charge is 0.489 e. The molecule has 1 saturated heterocycles. The normalized spacial score (nSPS) is 15.0. The van der Waals surface area contributed by atoms with Crippen molar-refractivity contribution >= 4 is 12.0 Å². The van der Waals surface area contributed by atoms with E-state index in [0.29, 0.717) is 6.61 Å². The Hall–Kier alpha value is -3.37. The number of rotatable bonds is 8. The zero-order valence-corrected chi connectivity index (χ0v) is 18.3. The predicted molar refractivity (Wildman–Crippen MR) is 129 cm³/mol. The monoisotopic (exact) mass is 426 g/mol. The van der Waals surface area contributed by atoms with Crippen LogP contribution in [-0.2, 0) is 17.9 Å². The number of hydrogen-bond acceptors (Lipinski definition) is 3. The Balaban J connectivity index is 1.18.